The van der Waals surface area contributed by atoms with Crippen LogP contribution in [0.5, 0.6) is 0 Å². The number of anilines is 1. The minimum absolute atomic E-state index is 0.0582. The van der Waals surface area contributed by atoms with Gasteiger partial charge >= 0.3 is 0 Å². The standard InChI is InChI=1S/C17H18Cl2N2O4S/c1-11(10-25-2)21-26(23,24)16-5-3-12(4-6-16)17(22)20-15-8-13(18)7-14(19)9-15/h3-9,11,21H,10H2,1-2H3,(H,20,22)/t11-/m0/s1. The molecule has 2 rings (SSSR count). The molecule has 2 N–H and O–H groups in total. The highest BCUT2D eigenvalue weighted by molar-refractivity contribution is 7.89. The Balaban J connectivity index is 2.12. The van der Waals surface area contributed by atoms with Gasteiger partial charge in [0.15, 0.2) is 0 Å². The Labute approximate surface area is 162 Å². The van der Waals surface area contributed by atoms with Gasteiger partial charge in [-0.1, -0.05) is 23.2 Å². The van der Waals surface area contributed by atoms with Crippen LogP contribution < -0.4 is 10.0 Å². The first-order valence-electron chi connectivity index (χ1n) is 7.60. The van der Waals surface area contributed by atoms with Crippen LogP contribution in [0.2, 0.25) is 10.0 Å². The first-order valence-corrected chi connectivity index (χ1v) is 9.84. The summed E-state index contributed by atoms with van der Waals surface area (Å²) in [5.74, 6) is -0.409. The van der Waals surface area contributed by atoms with Crippen LogP contribution in [0, 0.1) is 0 Å². The molecule has 0 aromatic heterocycles. The third-order valence-corrected chi connectivity index (χ3v) is 5.36. The molecular weight excluding hydrogens is 399 g/mol. The summed E-state index contributed by atoms with van der Waals surface area (Å²) < 4.78 is 31.9. The maximum atomic E-state index is 12.3. The van der Waals surface area contributed by atoms with Crippen LogP contribution in [-0.2, 0) is 14.8 Å². The molecular formula is C17H18Cl2N2O4S. The fraction of sp³-hybridized carbons (Fsp3) is 0.235. The Morgan fingerprint density at radius 3 is 2.23 bits per heavy atom. The quantitative estimate of drug-likeness (QED) is 0.722. The smallest absolute Gasteiger partial charge is 0.255 e. The molecule has 6 nitrogen and oxygen atoms in total. The summed E-state index contributed by atoms with van der Waals surface area (Å²) in [5.41, 5.74) is 0.740. The van der Waals surface area contributed by atoms with E-state index in [4.69, 9.17) is 27.9 Å². The minimum atomic E-state index is -3.69. The van der Waals surface area contributed by atoms with E-state index in [9.17, 15) is 13.2 Å². The van der Waals surface area contributed by atoms with E-state index < -0.39 is 15.9 Å². The molecule has 0 saturated carbocycles. The summed E-state index contributed by atoms with van der Waals surface area (Å²) in [6, 6.07) is 9.88. The number of carbonyl (C=O) groups excluding carboxylic acids is 1. The Morgan fingerprint density at radius 1 is 1.12 bits per heavy atom. The summed E-state index contributed by atoms with van der Waals surface area (Å²) in [4.78, 5) is 12.3. The van der Waals surface area contributed by atoms with Crippen molar-refractivity contribution in [1.82, 2.24) is 4.72 Å². The SMILES string of the molecule is COC[C@H](C)NS(=O)(=O)c1ccc(C(=O)Nc2cc(Cl)cc(Cl)c2)cc1. The average molecular weight is 417 g/mol. The lowest BCUT2D eigenvalue weighted by molar-refractivity contribution is 0.102. The van der Waals surface area contributed by atoms with Crippen molar-refractivity contribution in [2.45, 2.75) is 17.9 Å². The fourth-order valence-corrected chi connectivity index (χ4v) is 3.99. The highest BCUT2D eigenvalue weighted by atomic mass is 35.5. The van der Waals surface area contributed by atoms with Crippen LogP contribution in [0.3, 0.4) is 0 Å². The monoisotopic (exact) mass is 416 g/mol. The molecule has 0 radical (unpaired) electrons. The number of halogens is 2. The van der Waals surface area contributed by atoms with Crippen molar-refractivity contribution in [3.63, 3.8) is 0 Å². The topological polar surface area (TPSA) is 84.5 Å². The molecule has 0 fully saturated rings. The number of carbonyl (C=O) groups is 1. The van der Waals surface area contributed by atoms with E-state index in [1.54, 1.807) is 25.1 Å². The lowest BCUT2D eigenvalue weighted by Gasteiger charge is -2.13. The Hall–Kier alpha value is -1.64. The van der Waals surface area contributed by atoms with Crippen LogP contribution in [0.4, 0.5) is 5.69 Å². The Bertz CT molecular complexity index is 866. The van der Waals surface area contributed by atoms with Gasteiger partial charge in [0, 0.05) is 34.4 Å². The largest absolute Gasteiger partial charge is 0.383 e. The van der Waals surface area contributed by atoms with Crippen molar-refractivity contribution in [2.75, 3.05) is 19.0 Å². The van der Waals surface area contributed by atoms with Gasteiger partial charge < -0.3 is 10.1 Å². The van der Waals surface area contributed by atoms with Crippen LogP contribution in [0.1, 0.15) is 17.3 Å². The predicted octanol–water partition coefficient (Wildman–Crippen LogP) is 3.56. The molecule has 0 spiro atoms. The van der Waals surface area contributed by atoms with E-state index >= 15 is 0 Å². The van der Waals surface area contributed by atoms with Crippen molar-refractivity contribution in [2.24, 2.45) is 0 Å². The minimum Gasteiger partial charge on any atom is -0.383 e. The van der Waals surface area contributed by atoms with E-state index in [-0.39, 0.29) is 17.5 Å². The number of hydrogen-bond acceptors (Lipinski definition) is 4. The van der Waals surface area contributed by atoms with Gasteiger partial charge in [-0.05, 0) is 49.4 Å². The van der Waals surface area contributed by atoms with Gasteiger partial charge in [0.2, 0.25) is 10.0 Å². The molecule has 26 heavy (non-hydrogen) atoms. The molecule has 140 valence electrons. The Morgan fingerprint density at radius 2 is 1.69 bits per heavy atom. The predicted molar refractivity (Wildman–Crippen MR) is 103 cm³/mol. The summed E-state index contributed by atoms with van der Waals surface area (Å²) >= 11 is 11.8. The molecule has 2 aromatic rings. The van der Waals surface area contributed by atoms with Crippen molar-refractivity contribution < 1.29 is 17.9 Å². The lowest BCUT2D eigenvalue weighted by atomic mass is 10.2. The van der Waals surface area contributed by atoms with Gasteiger partial charge in [0.1, 0.15) is 0 Å². The number of hydrogen-bond donors (Lipinski definition) is 2. The molecule has 0 aliphatic rings. The number of sulfonamides is 1. The molecule has 0 saturated heterocycles. The van der Waals surface area contributed by atoms with E-state index in [0.717, 1.165) is 0 Å². The zero-order valence-electron chi connectivity index (χ0n) is 14.1. The first kappa shape index (κ1) is 20.7. The molecule has 9 heteroatoms. The number of ether oxygens (including phenoxy) is 1. The zero-order chi connectivity index (χ0) is 19.3. The van der Waals surface area contributed by atoms with E-state index in [1.807, 2.05) is 0 Å². The second kappa shape index (κ2) is 8.83. The number of benzene rings is 2. The third kappa shape index (κ3) is 5.69. The van der Waals surface area contributed by atoms with Gasteiger partial charge in [-0.3, -0.25) is 4.79 Å². The number of rotatable bonds is 7. The van der Waals surface area contributed by atoms with Gasteiger partial charge in [-0.15, -0.1) is 0 Å². The highest BCUT2D eigenvalue weighted by Gasteiger charge is 2.18. The first-order chi connectivity index (χ1) is 12.2. The van der Waals surface area contributed by atoms with Gasteiger partial charge in [-0.25, -0.2) is 13.1 Å². The fourth-order valence-electron chi connectivity index (χ4n) is 2.23. The molecule has 0 bridgehead atoms. The molecule has 1 amide bonds. The molecule has 1 atom stereocenters. The maximum Gasteiger partial charge on any atom is 0.255 e. The van der Waals surface area contributed by atoms with Crippen LogP contribution in [0.25, 0.3) is 0 Å². The lowest BCUT2D eigenvalue weighted by Crippen LogP contribution is -2.35. The molecule has 0 aliphatic heterocycles. The zero-order valence-corrected chi connectivity index (χ0v) is 16.5. The number of amides is 1. The number of methoxy groups -OCH3 is 1. The van der Waals surface area contributed by atoms with Gasteiger partial charge in [-0.2, -0.15) is 0 Å². The molecule has 0 heterocycles. The van der Waals surface area contributed by atoms with Gasteiger partial charge in [0.05, 0.1) is 11.5 Å². The van der Waals surface area contributed by atoms with Crippen LogP contribution in [-0.4, -0.2) is 34.1 Å². The highest BCUT2D eigenvalue weighted by Crippen LogP contribution is 2.23. The summed E-state index contributed by atoms with van der Waals surface area (Å²) in [6.45, 7) is 1.95. The van der Waals surface area contributed by atoms with E-state index in [2.05, 4.69) is 10.0 Å². The van der Waals surface area contributed by atoms with Crippen molar-refractivity contribution in [3.8, 4) is 0 Å². The van der Waals surface area contributed by atoms with Crippen molar-refractivity contribution >= 4 is 44.8 Å². The van der Waals surface area contributed by atoms with Crippen molar-refractivity contribution in [1.29, 1.82) is 0 Å². The second-order valence-electron chi connectivity index (χ2n) is 5.61. The van der Waals surface area contributed by atoms with E-state index in [0.29, 0.717) is 21.3 Å². The molecule has 0 unspecified atom stereocenters. The summed E-state index contributed by atoms with van der Waals surface area (Å²) in [5, 5.41) is 3.45. The second-order valence-corrected chi connectivity index (χ2v) is 8.20. The van der Waals surface area contributed by atoms with Crippen LogP contribution in [0.15, 0.2) is 47.4 Å². The van der Waals surface area contributed by atoms with Crippen molar-refractivity contribution in [3.05, 3.63) is 58.1 Å². The van der Waals surface area contributed by atoms with E-state index in [1.165, 1.54) is 31.4 Å². The normalized spacial score (nSPS) is 12.6. The average Bonchev–Trinajstić information content (AvgIpc) is 2.53. The molecule has 2 aromatic carbocycles. The summed E-state index contributed by atoms with van der Waals surface area (Å²) in [7, 11) is -2.20. The molecule has 0 aliphatic carbocycles. The maximum absolute atomic E-state index is 12.3. The Kier molecular flexibility index (Phi) is 7.02. The number of nitrogens with one attached hydrogen (secondary N) is 2. The van der Waals surface area contributed by atoms with Crippen LogP contribution >= 0.6 is 23.2 Å². The third-order valence-electron chi connectivity index (χ3n) is 3.32. The summed E-state index contributed by atoms with van der Waals surface area (Å²) in [6.07, 6.45) is 0. The van der Waals surface area contributed by atoms with Gasteiger partial charge in [0.25, 0.3) is 5.91 Å².